The third-order valence-corrected chi connectivity index (χ3v) is 6.58. The minimum atomic E-state index is -1.03. The summed E-state index contributed by atoms with van der Waals surface area (Å²) in [5, 5.41) is 15.6. The van der Waals surface area contributed by atoms with Gasteiger partial charge in [0, 0.05) is 12.1 Å². The Labute approximate surface area is 238 Å². The fourth-order valence-electron chi connectivity index (χ4n) is 4.45. The van der Waals surface area contributed by atoms with Crippen LogP contribution in [0.5, 0.6) is 11.5 Å². The standard InChI is InChI=1S/C30H22ClN3O7/c1-2-40-26-15-18(14-25(31)27(26)41-17-20-9-5-8-19-7-3-4-12-23(19)20)13-24-28(35)32-30(37)33(29(24)36)21-10-6-11-22(16-21)34(38)39/h3-16H,2,17H2,1H3,(H,32,35,37)/b24-13+. The second kappa shape index (κ2) is 11.5. The van der Waals surface area contributed by atoms with Gasteiger partial charge in [-0.3, -0.25) is 25.0 Å². The maximum Gasteiger partial charge on any atom is 0.335 e. The minimum Gasteiger partial charge on any atom is -0.490 e. The summed E-state index contributed by atoms with van der Waals surface area (Å²) in [6.07, 6.45) is 1.26. The fourth-order valence-corrected chi connectivity index (χ4v) is 4.72. The third-order valence-electron chi connectivity index (χ3n) is 6.30. The van der Waals surface area contributed by atoms with E-state index in [2.05, 4.69) is 5.32 Å². The molecule has 1 saturated heterocycles. The molecule has 1 aliphatic rings. The van der Waals surface area contributed by atoms with Gasteiger partial charge in [-0.1, -0.05) is 60.1 Å². The van der Waals surface area contributed by atoms with Crippen LogP contribution in [-0.2, 0) is 16.2 Å². The van der Waals surface area contributed by atoms with Crippen molar-refractivity contribution in [2.45, 2.75) is 13.5 Å². The van der Waals surface area contributed by atoms with E-state index >= 15 is 0 Å². The van der Waals surface area contributed by atoms with Crippen LogP contribution in [0.4, 0.5) is 16.2 Å². The number of hydrogen-bond acceptors (Lipinski definition) is 7. The number of halogens is 1. The number of carbonyl (C=O) groups is 3. The largest absolute Gasteiger partial charge is 0.490 e. The van der Waals surface area contributed by atoms with Gasteiger partial charge in [-0.2, -0.15) is 0 Å². The molecule has 0 saturated carbocycles. The maximum absolute atomic E-state index is 13.3. The molecular formula is C30H22ClN3O7. The average molecular weight is 572 g/mol. The summed E-state index contributed by atoms with van der Waals surface area (Å²) >= 11 is 6.59. The summed E-state index contributed by atoms with van der Waals surface area (Å²) in [6.45, 7) is 2.28. The van der Waals surface area contributed by atoms with E-state index in [1.807, 2.05) is 42.5 Å². The van der Waals surface area contributed by atoms with Gasteiger partial charge in [-0.25, -0.2) is 9.69 Å². The summed E-state index contributed by atoms with van der Waals surface area (Å²) in [5.41, 5.74) is 0.521. The van der Waals surface area contributed by atoms with Gasteiger partial charge in [-0.15, -0.1) is 0 Å². The third kappa shape index (κ3) is 5.59. The van der Waals surface area contributed by atoms with Crippen molar-refractivity contribution in [2.75, 3.05) is 11.5 Å². The number of fused-ring (bicyclic) bond motifs is 1. The normalized spacial score (nSPS) is 14.3. The van der Waals surface area contributed by atoms with E-state index in [0.717, 1.165) is 22.4 Å². The highest BCUT2D eigenvalue weighted by Gasteiger charge is 2.37. The Balaban J connectivity index is 1.47. The molecule has 0 bridgehead atoms. The predicted molar refractivity (Wildman–Crippen MR) is 153 cm³/mol. The monoisotopic (exact) mass is 571 g/mol. The van der Waals surface area contributed by atoms with Crippen LogP contribution in [0.15, 0.2) is 84.4 Å². The Kier molecular flexibility index (Phi) is 7.66. The zero-order valence-electron chi connectivity index (χ0n) is 21.6. The smallest absolute Gasteiger partial charge is 0.335 e. The van der Waals surface area contributed by atoms with E-state index < -0.39 is 22.8 Å². The first-order valence-corrected chi connectivity index (χ1v) is 12.9. The van der Waals surface area contributed by atoms with Crippen molar-refractivity contribution in [1.82, 2.24) is 5.32 Å². The molecule has 41 heavy (non-hydrogen) atoms. The number of anilines is 1. The molecule has 0 atom stereocenters. The van der Waals surface area contributed by atoms with Gasteiger partial charge in [0.1, 0.15) is 12.2 Å². The molecule has 10 nitrogen and oxygen atoms in total. The van der Waals surface area contributed by atoms with Crippen LogP contribution in [0.25, 0.3) is 16.8 Å². The number of non-ortho nitro benzene ring substituents is 1. The lowest BCUT2D eigenvalue weighted by molar-refractivity contribution is -0.384. The number of barbiturate groups is 1. The van der Waals surface area contributed by atoms with Gasteiger partial charge in [-0.05, 0) is 53.1 Å². The van der Waals surface area contributed by atoms with Crippen LogP contribution in [0.1, 0.15) is 18.1 Å². The first-order valence-electron chi connectivity index (χ1n) is 12.5. The molecule has 206 valence electrons. The molecule has 1 heterocycles. The van der Waals surface area contributed by atoms with Gasteiger partial charge in [0.25, 0.3) is 17.5 Å². The van der Waals surface area contributed by atoms with E-state index in [-0.39, 0.29) is 40.9 Å². The quantitative estimate of drug-likeness (QED) is 0.118. The number of urea groups is 1. The predicted octanol–water partition coefficient (Wildman–Crippen LogP) is 6.05. The van der Waals surface area contributed by atoms with Crippen molar-refractivity contribution in [3.8, 4) is 11.5 Å². The highest BCUT2D eigenvalue weighted by molar-refractivity contribution is 6.39. The lowest BCUT2D eigenvalue weighted by Gasteiger charge is -2.26. The highest BCUT2D eigenvalue weighted by Crippen LogP contribution is 2.38. The van der Waals surface area contributed by atoms with Crippen LogP contribution in [0, 0.1) is 10.1 Å². The minimum absolute atomic E-state index is 0.0645. The first-order chi connectivity index (χ1) is 19.8. The lowest BCUT2D eigenvalue weighted by atomic mass is 10.1. The second-order valence-electron chi connectivity index (χ2n) is 8.92. The van der Waals surface area contributed by atoms with Gasteiger partial charge in [0.05, 0.1) is 22.2 Å². The number of nitro benzene ring substituents is 1. The molecule has 4 aromatic rings. The number of nitro groups is 1. The molecular weight excluding hydrogens is 550 g/mol. The van der Waals surface area contributed by atoms with Crippen molar-refractivity contribution < 1.29 is 28.8 Å². The molecule has 1 fully saturated rings. The number of benzene rings is 4. The SMILES string of the molecule is CCOc1cc(/C=C2\C(=O)NC(=O)N(c3cccc([N+](=O)[O-])c3)C2=O)cc(Cl)c1OCc1cccc2ccccc12. The molecule has 1 aliphatic heterocycles. The summed E-state index contributed by atoms with van der Waals surface area (Å²) in [4.78, 5) is 49.6. The molecule has 0 aromatic heterocycles. The molecule has 5 rings (SSSR count). The number of rotatable bonds is 8. The summed E-state index contributed by atoms with van der Waals surface area (Å²) in [6, 6.07) is 20.8. The molecule has 0 aliphatic carbocycles. The van der Waals surface area contributed by atoms with E-state index in [1.54, 1.807) is 13.0 Å². The summed E-state index contributed by atoms with van der Waals surface area (Å²) in [5.74, 6) is -1.30. The van der Waals surface area contributed by atoms with E-state index in [9.17, 15) is 24.5 Å². The Hall–Kier alpha value is -5.22. The van der Waals surface area contributed by atoms with Crippen molar-refractivity contribution in [3.63, 3.8) is 0 Å². The van der Waals surface area contributed by atoms with Crippen molar-refractivity contribution in [3.05, 3.63) is 111 Å². The number of hydrogen-bond donors (Lipinski definition) is 1. The molecule has 0 unspecified atom stereocenters. The van der Waals surface area contributed by atoms with Gasteiger partial charge in [0.15, 0.2) is 11.5 Å². The maximum atomic E-state index is 13.3. The average Bonchev–Trinajstić information content (AvgIpc) is 2.95. The lowest BCUT2D eigenvalue weighted by Crippen LogP contribution is -2.54. The molecule has 0 radical (unpaired) electrons. The molecule has 1 N–H and O–H groups in total. The number of imide groups is 2. The van der Waals surface area contributed by atoms with Crippen molar-refractivity contribution in [1.29, 1.82) is 0 Å². The van der Waals surface area contributed by atoms with Crippen LogP contribution < -0.4 is 19.7 Å². The van der Waals surface area contributed by atoms with Crippen LogP contribution in [-0.4, -0.2) is 29.4 Å². The molecule has 4 aromatic carbocycles. The number of nitrogens with zero attached hydrogens (tertiary/aromatic N) is 2. The van der Waals surface area contributed by atoms with Gasteiger partial charge >= 0.3 is 6.03 Å². The zero-order valence-corrected chi connectivity index (χ0v) is 22.4. The van der Waals surface area contributed by atoms with Crippen molar-refractivity contribution >= 4 is 57.7 Å². The Morgan fingerprint density at radius 1 is 0.976 bits per heavy atom. The highest BCUT2D eigenvalue weighted by atomic mass is 35.5. The fraction of sp³-hybridized carbons (Fsp3) is 0.100. The second-order valence-corrected chi connectivity index (χ2v) is 9.33. The number of amides is 4. The number of ether oxygens (including phenoxy) is 2. The Morgan fingerprint density at radius 2 is 1.73 bits per heavy atom. The van der Waals surface area contributed by atoms with E-state index in [1.165, 1.54) is 30.3 Å². The topological polar surface area (TPSA) is 128 Å². The van der Waals surface area contributed by atoms with Crippen molar-refractivity contribution in [2.24, 2.45) is 0 Å². The van der Waals surface area contributed by atoms with Crippen LogP contribution in [0.2, 0.25) is 5.02 Å². The Bertz CT molecular complexity index is 1750. The van der Waals surface area contributed by atoms with Gasteiger partial charge in [0.2, 0.25) is 0 Å². The summed E-state index contributed by atoms with van der Waals surface area (Å²) < 4.78 is 11.9. The molecule has 0 spiro atoms. The summed E-state index contributed by atoms with van der Waals surface area (Å²) in [7, 11) is 0. The molecule has 11 heteroatoms. The van der Waals surface area contributed by atoms with E-state index in [0.29, 0.717) is 16.2 Å². The number of nitrogens with one attached hydrogen (secondary N) is 1. The zero-order chi connectivity index (χ0) is 29.1. The van der Waals surface area contributed by atoms with Crippen LogP contribution >= 0.6 is 11.6 Å². The van der Waals surface area contributed by atoms with E-state index in [4.69, 9.17) is 21.1 Å². The van der Waals surface area contributed by atoms with Gasteiger partial charge < -0.3 is 9.47 Å². The first kappa shape index (κ1) is 27.4. The Morgan fingerprint density at radius 3 is 2.51 bits per heavy atom. The number of carbonyl (C=O) groups excluding carboxylic acids is 3. The van der Waals surface area contributed by atoms with Crippen LogP contribution in [0.3, 0.4) is 0 Å². The molecule has 4 amide bonds.